The van der Waals surface area contributed by atoms with Gasteiger partial charge >= 0.3 is 0 Å². The van der Waals surface area contributed by atoms with Gasteiger partial charge in [0.25, 0.3) is 0 Å². The summed E-state index contributed by atoms with van der Waals surface area (Å²) in [6.07, 6.45) is 9.40. The van der Waals surface area contributed by atoms with Gasteiger partial charge in [-0.05, 0) is 18.9 Å². The lowest BCUT2D eigenvalue weighted by molar-refractivity contribution is 0.482. The second kappa shape index (κ2) is 3.04. The van der Waals surface area contributed by atoms with E-state index < -0.39 is 0 Å². The standard InChI is InChI=1S/C10H11NO/c1-2-8-5-10(12-7-8)6-11-9-3-4-9/h1,5,7,9,11H,3-4,6H2. The smallest absolute Gasteiger partial charge is 0.118 e. The van der Waals surface area contributed by atoms with Crippen LogP contribution in [0.1, 0.15) is 24.2 Å². The minimum atomic E-state index is 0.712. The third-order valence-electron chi connectivity index (χ3n) is 1.96. The van der Waals surface area contributed by atoms with E-state index in [0.717, 1.165) is 17.9 Å². The molecule has 2 nitrogen and oxygen atoms in total. The molecule has 0 atom stereocenters. The molecule has 1 aliphatic rings. The summed E-state index contributed by atoms with van der Waals surface area (Å²) < 4.78 is 5.23. The van der Waals surface area contributed by atoms with Crippen molar-refractivity contribution in [3.8, 4) is 12.3 Å². The van der Waals surface area contributed by atoms with E-state index in [-0.39, 0.29) is 0 Å². The molecule has 0 unspecified atom stereocenters. The van der Waals surface area contributed by atoms with Crippen molar-refractivity contribution in [1.82, 2.24) is 5.32 Å². The molecule has 1 aliphatic carbocycles. The van der Waals surface area contributed by atoms with E-state index in [0.29, 0.717) is 6.04 Å². The Morgan fingerprint density at radius 3 is 3.08 bits per heavy atom. The Morgan fingerprint density at radius 2 is 2.50 bits per heavy atom. The minimum Gasteiger partial charge on any atom is -0.467 e. The Labute approximate surface area is 72.0 Å². The zero-order chi connectivity index (χ0) is 8.39. The van der Waals surface area contributed by atoms with Gasteiger partial charge in [0.15, 0.2) is 0 Å². The lowest BCUT2D eigenvalue weighted by Gasteiger charge is -1.96. The zero-order valence-electron chi connectivity index (χ0n) is 6.84. The summed E-state index contributed by atoms with van der Waals surface area (Å²) >= 11 is 0. The molecule has 0 spiro atoms. The molecule has 1 aromatic rings. The van der Waals surface area contributed by atoms with Crippen LogP contribution in [0.3, 0.4) is 0 Å². The van der Waals surface area contributed by atoms with Gasteiger partial charge in [0.05, 0.1) is 12.1 Å². The fourth-order valence-corrected chi connectivity index (χ4v) is 1.08. The quantitative estimate of drug-likeness (QED) is 0.680. The molecule has 0 amide bonds. The van der Waals surface area contributed by atoms with Gasteiger partial charge in [0.2, 0.25) is 0 Å². The summed E-state index contributed by atoms with van der Waals surface area (Å²) in [6.45, 7) is 0.798. The molecular formula is C10H11NO. The summed E-state index contributed by atoms with van der Waals surface area (Å²) in [6, 6.07) is 2.61. The second-order valence-corrected chi connectivity index (χ2v) is 3.10. The van der Waals surface area contributed by atoms with Crippen molar-refractivity contribution < 1.29 is 4.42 Å². The van der Waals surface area contributed by atoms with Crippen molar-refractivity contribution in [3.05, 3.63) is 23.7 Å². The molecule has 12 heavy (non-hydrogen) atoms. The highest BCUT2D eigenvalue weighted by molar-refractivity contribution is 5.29. The van der Waals surface area contributed by atoms with Crippen molar-refractivity contribution in [2.24, 2.45) is 0 Å². The van der Waals surface area contributed by atoms with E-state index in [1.165, 1.54) is 12.8 Å². The van der Waals surface area contributed by atoms with Gasteiger partial charge in [0.1, 0.15) is 12.0 Å². The molecular weight excluding hydrogens is 150 g/mol. The molecule has 0 radical (unpaired) electrons. The van der Waals surface area contributed by atoms with Gasteiger partial charge in [-0.15, -0.1) is 6.42 Å². The van der Waals surface area contributed by atoms with E-state index in [1.807, 2.05) is 6.07 Å². The Morgan fingerprint density at radius 1 is 1.67 bits per heavy atom. The average molecular weight is 161 g/mol. The third-order valence-corrected chi connectivity index (χ3v) is 1.96. The third kappa shape index (κ3) is 1.69. The first kappa shape index (κ1) is 7.45. The summed E-state index contributed by atoms with van der Waals surface area (Å²) in [5.41, 5.74) is 0.822. The summed E-state index contributed by atoms with van der Waals surface area (Å²) in [7, 11) is 0. The molecule has 1 saturated carbocycles. The summed E-state index contributed by atoms with van der Waals surface area (Å²) in [5, 5.41) is 3.35. The molecule has 0 aliphatic heterocycles. The van der Waals surface area contributed by atoms with E-state index in [9.17, 15) is 0 Å². The van der Waals surface area contributed by atoms with Crippen LogP contribution in [0.2, 0.25) is 0 Å². The molecule has 2 rings (SSSR count). The Bertz CT molecular complexity index is 304. The fourth-order valence-electron chi connectivity index (χ4n) is 1.08. The van der Waals surface area contributed by atoms with Crippen molar-refractivity contribution >= 4 is 0 Å². The fraction of sp³-hybridized carbons (Fsp3) is 0.400. The van der Waals surface area contributed by atoms with Gasteiger partial charge < -0.3 is 9.73 Å². The Balaban J connectivity index is 1.90. The van der Waals surface area contributed by atoms with Crippen LogP contribution in [0.5, 0.6) is 0 Å². The molecule has 0 bridgehead atoms. The minimum absolute atomic E-state index is 0.712. The normalized spacial score (nSPS) is 15.9. The van der Waals surface area contributed by atoms with E-state index in [4.69, 9.17) is 10.8 Å². The first-order chi connectivity index (χ1) is 5.88. The van der Waals surface area contributed by atoms with E-state index in [2.05, 4.69) is 11.2 Å². The Kier molecular flexibility index (Phi) is 1.89. The predicted molar refractivity (Wildman–Crippen MR) is 46.5 cm³/mol. The lowest BCUT2D eigenvalue weighted by Crippen LogP contribution is -2.14. The van der Waals surface area contributed by atoms with Crippen molar-refractivity contribution in [1.29, 1.82) is 0 Å². The number of hydrogen-bond donors (Lipinski definition) is 1. The average Bonchev–Trinajstić information content (AvgIpc) is 2.81. The van der Waals surface area contributed by atoms with Crippen molar-refractivity contribution in [2.45, 2.75) is 25.4 Å². The van der Waals surface area contributed by atoms with Crippen LogP contribution in [-0.4, -0.2) is 6.04 Å². The lowest BCUT2D eigenvalue weighted by atomic mass is 10.3. The molecule has 62 valence electrons. The number of hydrogen-bond acceptors (Lipinski definition) is 2. The molecule has 0 aromatic carbocycles. The monoisotopic (exact) mass is 161 g/mol. The van der Waals surface area contributed by atoms with Gasteiger partial charge in [-0.1, -0.05) is 5.92 Å². The largest absolute Gasteiger partial charge is 0.467 e. The number of furan rings is 1. The number of terminal acetylenes is 1. The van der Waals surface area contributed by atoms with E-state index in [1.54, 1.807) is 6.26 Å². The molecule has 0 saturated heterocycles. The Hall–Kier alpha value is -1.20. The maximum absolute atomic E-state index is 5.23. The summed E-state index contributed by atoms with van der Waals surface area (Å²) in [5.74, 6) is 3.45. The zero-order valence-corrected chi connectivity index (χ0v) is 6.84. The first-order valence-electron chi connectivity index (χ1n) is 4.16. The van der Waals surface area contributed by atoms with Crippen molar-refractivity contribution in [3.63, 3.8) is 0 Å². The van der Waals surface area contributed by atoms with Crippen LogP contribution in [0.15, 0.2) is 16.7 Å². The first-order valence-corrected chi connectivity index (χ1v) is 4.16. The van der Waals surface area contributed by atoms with Gasteiger partial charge in [-0.25, -0.2) is 0 Å². The van der Waals surface area contributed by atoms with Crippen LogP contribution in [0, 0.1) is 12.3 Å². The number of nitrogens with one attached hydrogen (secondary N) is 1. The second-order valence-electron chi connectivity index (χ2n) is 3.10. The SMILES string of the molecule is C#Cc1coc(CNC2CC2)c1. The van der Waals surface area contributed by atoms with Gasteiger partial charge in [0, 0.05) is 6.04 Å². The molecule has 1 aromatic heterocycles. The van der Waals surface area contributed by atoms with Gasteiger partial charge in [-0.3, -0.25) is 0 Å². The maximum atomic E-state index is 5.23. The van der Waals surface area contributed by atoms with Crippen LogP contribution >= 0.6 is 0 Å². The molecule has 2 heteroatoms. The predicted octanol–water partition coefficient (Wildman–Crippen LogP) is 1.51. The summed E-state index contributed by atoms with van der Waals surface area (Å²) in [4.78, 5) is 0. The maximum Gasteiger partial charge on any atom is 0.118 e. The van der Waals surface area contributed by atoms with Gasteiger partial charge in [-0.2, -0.15) is 0 Å². The van der Waals surface area contributed by atoms with Crippen LogP contribution < -0.4 is 5.32 Å². The van der Waals surface area contributed by atoms with Crippen molar-refractivity contribution in [2.75, 3.05) is 0 Å². The number of rotatable bonds is 3. The van der Waals surface area contributed by atoms with Crippen LogP contribution in [0.4, 0.5) is 0 Å². The molecule has 1 N–H and O–H groups in total. The highest BCUT2D eigenvalue weighted by atomic mass is 16.3. The van der Waals surface area contributed by atoms with E-state index >= 15 is 0 Å². The van der Waals surface area contributed by atoms with Crippen LogP contribution in [-0.2, 0) is 6.54 Å². The molecule has 1 heterocycles. The van der Waals surface area contributed by atoms with Crippen LogP contribution in [0.25, 0.3) is 0 Å². The topological polar surface area (TPSA) is 25.2 Å². The molecule has 1 fully saturated rings. The highest BCUT2D eigenvalue weighted by Gasteiger charge is 2.20. The highest BCUT2D eigenvalue weighted by Crippen LogP contribution is 2.19.